The van der Waals surface area contributed by atoms with Gasteiger partial charge in [0.05, 0.1) is 40.5 Å². The molecule has 11 heteroatoms. The molecule has 0 N–H and O–H groups in total. The van der Waals surface area contributed by atoms with Crippen molar-refractivity contribution in [2.75, 3.05) is 31.7 Å². The minimum atomic E-state index is -0.778. The summed E-state index contributed by atoms with van der Waals surface area (Å²) in [6.45, 7) is 5.32. The van der Waals surface area contributed by atoms with Crippen molar-refractivity contribution < 1.29 is 19.2 Å². The fraction of sp³-hybridized carbons (Fsp3) is 0.345. The molecule has 1 aromatic heterocycles. The molecule has 1 saturated heterocycles. The highest BCUT2D eigenvalue weighted by Crippen LogP contribution is 2.33. The van der Waals surface area contributed by atoms with Gasteiger partial charge in [0, 0.05) is 36.5 Å². The first-order chi connectivity index (χ1) is 19.3. The van der Waals surface area contributed by atoms with Crippen LogP contribution in [0.5, 0.6) is 5.75 Å². The summed E-state index contributed by atoms with van der Waals surface area (Å²) in [6.07, 6.45) is 4.92. The van der Waals surface area contributed by atoms with Crippen LogP contribution in [-0.2, 0) is 9.53 Å². The molecular weight excluding hydrogens is 532 g/mol. The van der Waals surface area contributed by atoms with Crippen LogP contribution in [0.25, 0.3) is 6.08 Å². The Hall–Kier alpha value is -4.25. The van der Waals surface area contributed by atoms with Crippen LogP contribution in [0, 0.1) is 10.1 Å². The third-order valence-corrected chi connectivity index (χ3v) is 8.11. The first kappa shape index (κ1) is 27.3. The maximum Gasteiger partial charge on any atom is 0.338 e. The number of aromatic nitrogens is 1. The van der Waals surface area contributed by atoms with Crippen LogP contribution in [0.2, 0.25) is 0 Å². The number of allylic oxidation sites excluding steroid dienone is 1. The largest absolute Gasteiger partial charge is 0.497 e. The van der Waals surface area contributed by atoms with Crippen LogP contribution in [0.15, 0.2) is 63.5 Å². The lowest BCUT2D eigenvalue weighted by Crippen LogP contribution is -2.40. The minimum Gasteiger partial charge on any atom is -0.497 e. The van der Waals surface area contributed by atoms with Gasteiger partial charge < -0.3 is 14.4 Å². The molecule has 0 amide bonds. The van der Waals surface area contributed by atoms with Crippen LogP contribution in [0.3, 0.4) is 0 Å². The van der Waals surface area contributed by atoms with Crippen molar-refractivity contribution in [2.45, 2.75) is 39.2 Å². The molecule has 0 radical (unpaired) electrons. The smallest absolute Gasteiger partial charge is 0.338 e. The number of hydrogen-bond donors (Lipinski definition) is 0. The highest BCUT2D eigenvalue weighted by Gasteiger charge is 2.33. The quantitative estimate of drug-likeness (QED) is 0.245. The predicted octanol–water partition coefficient (Wildman–Crippen LogP) is 3.71. The van der Waals surface area contributed by atoms with Crippen LogP contribution in [0.4, 0.5) is 11.4 Å². The summed E-state index contributed by atoms with van der Waals surface area (Å²) in [5, 5.41) is 11.6. The molecular formula is C29H30N4O6S. The number of thiazole rings is 1. The molecule has 208 valence electrons. The second-order valence-corrected chi connectivity index (χ2v) is 10.6. The monoisotopic (exact) mass is 562 g/mol. The number of methoxy groups -OCH3 is 1. The van der Waals surface area contributed by atoms with Crippen molar-refractivity contribution in [1.29, 1.82) is 0 Å². The number of fused-ring (bicyclic) bond motifs is 1. The second-order valence-electron chi connectivity index (χ2n) is 9.63. The summed E-state index contributed by atoms with van der Waals surface area (Å²) in [4.78, 5) is 45.6. The SMILES string of the molecule is CCOC(=O)C1=C(C)N=c2sc(=Cc3cc([N+](=O)[O-])ccc3N3CCCCC3)c(=O)n2[C@H]1c1cccc(OC)c1. The Morgan fingerprint density at radius 2 is 1.98 bits per heavy atom. The number of non-ortho nitro benzene ring substituents is 1. The molecule has 2 aromatic carbocycles. The molecule has 0 spiro atoms. The summed E-state index contributed by atoms with van der Waals surface area (Å²) in [5.41, 5.74) is 2.47. The zero-order chi connectivity index (χ0) is 28.4. The zero-order valence-electron chi connectivity index (χ0n) is 22.6. The van der Waals surface area contributed by atoms with E-state index in [4.69, 9.17) is 9.47 Å². The van der Waals surface area contributed by atoms with E-state index in [1.54, 1.807) is 51.3 Å². The number of carbonyl (C=O) groups excluding carboxylic acids is 1. The van der Waals surface area contributed by atoms with Crippen LogP contribution < -0.4 is 24.5 Å². The molecule has 40 heavy (non-hydrogen) atoms. The van der Waals surface area contributed by atoms with Gasteiger partial charge in [0.25, 0.3) is 11.2 Å². The summed E-state index contributed by atoms with van der Waals surface area (Å²) in [6, 6.07) is 11.2. The van der Waals surface area contributed by atoms with Gasteiger partial charge in [-0.15, -0.1) is 0 Å². The van der Waals surface area contributed by atoms with E-state index in [1.807, 2.05) is 6.07 Å². The van der Waals surface area contributed by atoms with Gasteiger partial charge in [0.2, 0.25) is 0 Å². The van der Waals surface area contributed by atoms with E-state index in [0.717, 1.165) is 38.0 Å². The Bertz CT molecular complexity index is 1680. The fourth-order valence-corrected chi connectivity index (χ4v) is 6.29. The average Bonchev–Trinajstić information content (AvgIpc) is 3.26. The molecule has 10 nitrogen and oxygen atoms in total. The standard InChI is InChI=1S/C29H30N4O6S/c1-4-39-28(35)25-18(2)30-29-32(26(25)19-9-8-10-22(16-19)38-3)27(34)24(40-29)17-20-15-21(33(36)37)11-12-23(20)31-13-6-5-7-14-31/h8-12,15-17,26H,4-7,13-14H2,1-3H3/t26-/m0/s1. The number of piperidine rings is 1. The molecule has 0 aliphatic carbocycles. The lowest BCUT2D eigenvalue weighted by atomic mass is 9.95. The molecule has 2 aliphatic rings. The van der Waals surface area contributed by atoms with Crippen molar-refractivity contribution in [3.05, 3.63) is 94.7 Å². The van der Waals surface area contributed by atoms with E-state index in [2.05, 4.69) is 9.89 Å². The van der Waals surface area contributed by atoms with E-state index < -0.39 is 16.9 Å². The Kier molecular flexibility index (Phi) is 7.83. The summed E-state index contributed by atoms with van der Waals surface area (Å²) in [7, 11) is 1.55. The lowest BCUT2D eigenvalue weighted by Gasteiger charge is -2.30. The molecule has 2 aliphatic heterocycles. The maximum absolute atomic E-state index is 14.0. The zero-order valence-corrected chi connectivity index (χ0v) is 23.4. The number of ether oxygens (including phenoxy) is 2. The summed E-state index contributed by atoms with van der Waals surface area (Å²) >= 11 is 1.19. The normalized spacial score (nSPS) is 17.3. The molecule has 0 unspecified atom stereocenters. The van der Waals surface area contributed by atoms with Gasteiger partial charge in [-0.1, -0.05) is 23.5 Å². The number of nitro benzene ring substituents is 1. The van der Waals surface area contributed by atoms with Crippen molar-refractivity contribution >= 4 is 34.8 Å². The van der Waals surface area contributed by atoms with E-state index in [0.29, 0.717) is 31.9 Å². The van der Waals surface area contributed by atoms with E-state index in [1.165, 1.54) is 28.0 Å². The summed E-state index contributed by atoms with van der Waals surface area (Å²) < 4.78 is 12.6. The molecule has 3 aromatic rings. The molecule has 0 saturated carbocycles. The van der Waals surface area contributed by atoms with Crippen LogP contribution in [-0.4, -0.2) is 42.3 Å². The lowest BCUT2D eigenvalue weighted by molar-refractivity contribution is -0.384. The third-order valence-electron chi connectivity index (χ3n) is 7.13. The highest BCUT2D eigenvalue weighted by molar-refractivity contribution is 7.07. The van der Waals surface area contributed by atoms with Gasteiger partial charge in [0.1, 0.15) is 5.75 Å². The van der Waals surface area contributed by atoms with Gasteiger partial charge in [0.15, 0.2) is 4.80 Å². The molecule has 3 heterocycles. The Morgan fingerprint density at radius 1 is 1.20 bits per heavy atom. The van der Waals surface area contributed by atoms with Gasteiger partial charge >= 0.3 is 5.97 Å². The van der Waals surface area contributed by atoms with Gasteiger partial charge in [-0.2, -0.15) is 0 Å². The topological polar surface area (TPSA) is 116 Å². The van der Waals surface area contributed by atoms with E-state index >= 15 is 0 Å². The van der Waals surface area contributed by atoms with Crippen molar-refractivity contribution in [3.8, 4) is 5.75 Å². The van der Waals surface area contributed by atoms with Gasteiger partial charge in [-0.05, 0) is 62.9 Å². The number of nitrogens with zero attached hydrogens (tertiary/aromatic N) is 4. The highest BCUT2D eigenvalue weighted by atomic mass is 32.1. The number of esters is 1. The minimum absolute atomic E-state index is 0.0468. The van der Waals surface area contributed by atoms with Crippen LogP contribution in [0.1, 0.15) is 50.3 Å². The number of carbonyl (C=O) groups is 1. The van der Waals surface area contributed by atoms with Crippen LogP contribution >= 0.6 is 11.3 Å². The number of benzene rings is 2. The summed E-state index contributed by atoms with van der Waals surface area (Å²) in [5.74, 6) is 0.0391. The number of nitro groups is 1. The molecule has 0 bridgehead atoms. The Labute approximate surface area is 234 Å². The van der Waals surface area contributed by atoms with Gasteiger partial charge in [-0.25, -0.2) is 9.79 Å². The average molecular weight is 563 g/mol. The Morgan fingerprint density at radius 3 is 2.67 bits per heavy atom. The molecule has 1 fully saturated rings. The first-order valence-electron chi connectivity index (χ1n) is 13.2. The number of hydrogen-bond acceptors (Lipinski definition) is 9. The van der Waals surface area contributed by atoms with Crippen molar-refractivity contribution in [3.63, 3.8) is 0 Å². The first-order valence-corrected chi connectivity index (χ1v) is 14.0. The number of anilines is 1. The predicted molar refractivity (Wildman–Crippen MR) is 153 cm³/mol. The molecule has 1 atom stereocenters. The fourth-order valence-electron chi connectivity index (χ4n) is 5.25. The van der Waals surface area contributed by atoms with Gasteiger partial charge in [-0.3, -0.25) is 19.5 Å². The van der Waals surface area contributed by atoms with Crippen molar-refractivity contribution in [2.24, 2.45) is 4.99 Å². The second kappa shape index (κ2) is 11.5. The van der Waals surface area contributed by atoms with E-state index in [9.17, 15) is 19.7 Å². The number of rotatable bonds is 7. The third kappa shape index (κ3) is 5.16. The van der Waals surface area contributed by atoms with E-state index in [-0.39, 0.29) is 23.4 Å². The maximum atomic E-state index is 14.0. The van der Waals surface area contributed by atoms with Crippen molar-refractivity contribution in [1.82, 2.24) is 4.57 Å². The Balaban J connectivity index is 1.72. The molecule has 5 rings (SSSR count).